The highest BCUT2D eigenvalue weighted by Gasteiger charge is 2.22. The molecule has 2 atom stereocenters. The molecule has 1 saturated heterocycles. The van der Waals surface area contributed by atoms with Gasteiger partial charge in [-0.3, -0.25) is 9.69 Å². The Kier molecular flexibility index (Phi) is 4.55. The van der Waals surface area contributed by atoms with E-state index in [1.165, 1.54) is 0 Å². The number of piperazine rings is 1. The predicted octanol–water partition coefficient (Wildman–Crippen LogP) is 0.994. The molecule has 0 aromatic carbocycles. The van der Waals surface area contributed by atoms with Crippen LogP contribution in [0.1, 0.15) is 26.0 Å². The molecule has 6 nitrogen and oxygen atoms in total. The van der Waals surface area contributed by atoms with Gasteiger partial charge in [0.2, 0.25) is 5.91 Å². The largest absolute Gasteiger partial charge is 0.360 e. The number of aryl methyl sites for hydroxylation is 1. The number of hydrogen-bond donors (Lipinski definition) is 2. The first-order valence-corrected chi connectivity index (χ1v) is 6.75. The Hall–Kier alpha value is -1.40. The van der Waals surface area contributed by atoms with Crippen molar-refractivity contribution in [2.45, 2.75) is 39.3 Å². The molecule has 2 heterocycles. The summed E-state index contributed by atoms with van der Waals surface area (Å²) in [7, 11) is 0. The zero-order valence-electron chi connectivity index (χ0n) is 11.8. The van der Waals surface area contributed by atoms with E-state index in [1.54, 1.807) is 13.0 Å². The fourth-order valence-corrected chi connectivity index (χ4v) is 2.28. The van der Waals surface area contributed by atoms with Gasteiger partial charge in [0.15, 0.2) is 5.82 Å². The van der Waals surface area contributed by atoms with E-state index >= 15 is 0 Å². The fourth-order valence-electron chi connectivity index (χ4n) is 2.28. The van der Waals surface area contributed by atoms with E-state index in [9.17, 15) is 4.79 Å². The van der Waals surface area contributed by atoms with Gasteiger partial charge in [0.05, 0.1) is 0 Å². The van der Waals surface area contributed by atoms with Gasteiger partial charge in [0.1, 0.15) is 5.76 Å². The molecular formula is C13H22N4O2. The zero-order valence-corrected chi connectivity index (χ0v) is 11.8. The highest BCUT2D eigenvalue weighted by molar-refractivity contribution is 5.89. The third kappa shape index (κ3) is 4.04. The van der Waals surface area contributed by atoms with Crippen molar-refractivity contribution in [2.75, 3.05) is 25.0 Å². The number of aromatic nitrogens is 1. The second-order valence-electron chi connectivity index (χ2n) is 5.27. The highest BCUT2D eigenvalue weighted by Crippen LogP contribution is 2.09. The smallest absolute Gasteiger partial charge is 0.226 e. The first kappa shape index (κ1) is 14.0. The molecule has 1 aliphatic rings. The summed E-state index contributed by atoms with van der Waals surface area (Å²) in [5, 5.41) is 9.92. The summed E-state index contributed by atoms with van der Waals surface area (Å²) < 4.78 is 4.91. The van der Waals surface area contributed by atoms with Crippen molar-refractivity contribution in [3.63, 3.8) is 0 Å². The van der Waals surface area contributed by atoms with Gasteiger partial charge in [-0.1, -0.05) is 5.16 Å². The van der Waals surface area contributed by atoms with E-state index in [2.05, 4.69) is 34.5 Å². The average Bonchev–Trinajstić information content (AvgIpc) is 2.76. The summed E-state index contributed by atoms with van der Waals surface area (Å²) >= 11 is 0. The van der Waals surface area contributed by atoms with Gasteiger partial charge in [-0.25, -0.2) is 0 Å². The topological polar surface area (TPSA) is 70.4 Å². The van der Waals surface area contributed by atoms with Crippen molar-refractivity contribution in [3.8, 4) is 0 Å². The van der Waals surface area contributed by atoms with Crippen LogP contribution in [0.25, 0.3) is 0 Å². The minimum Gasteiger partial charge on any atom is -0.360 e. The van der Waals surface area contributed by atoms with Crippen molar-refractivity contribution in [3.05, 3.63) is 11.8 Å². The van der Waals surface area contributed by atoms with E-state index in [1.807, 2.05) is 0 Å². The average molecular weight is 266 g/mol. The Balaban J connectivity index is 1.76. The maximum Gasteiger partial charge on any atom is 0.226 e. The van der Waals surface area contributed by atoms with Crippen LogP contribution in [0.4, 0.5) is 5.82 Å². The van der Waals surface area contributed by atoms with Gasteiger partial charge >= 0.3 is 0 Å². The highest BCUT2D eigenvalue weighted by atomic mass is 16.5. The van der Waals surface area contributed by atoms with Gasteiger partial charge < -0.3 is 15.2 Å². The van der Waals surface area contributed by atoms with Gasteiger partial charge in [0, 0.05) is 44.2 Å². The van der Waals surface area contributed by atoms with E-state index in [0.29, 0.717) is 30.1 Å². The second kappa shape index (κ2) is 6.16. The van der Waals surface area contributed by atoms with E-state index < -0.39 is 0 Å². The summed E-state index contributed by atoms with van der Waals surface area (Å²) in [6.45, 7) is 8.87. The van der Waals surface area contributed by atoms with Crippen LogP contribution in [0.2, 0.25) is 0 Å². The SMILES string of the molecule is Cc1cc(NC(=O)CCN2CC(C)NCC2C)no1. The third-order valence-electron chi connectivity index (χ3n) is 3.41. The maximum absolute atomic E-state index is 11.8. The summed E-state index contributed by atoms with van der Waals surface area (Å²) in [6, 6.07) is 2.67. The Morgan fingerprint density at radius 2 is 2.42 bits per heavy atom. The predicted molar refractivity (Wildman–Crippen MR) is 73.0 cm³/mol. The number of anilines is 1. The molecule has 106 valence electrons. The van der Waals surface area contributed by atoms with E-state index in [4.69, 9.17) is 4.52 Å². The molecule has 1 fully saturated rings. The standard InChI is InChI=1S/C13H22N4O2/c1-9-8-17(10(2)7-14-9)5-4-13(18)15-12-6-11(3)19-16-12/h6,9-10,14H,4-5,7-8H2,1-3H3,(H,15,16,18). The lowest BCUT2D eigenvalue weighted by Crippen LogP contribution is -2.54. The Morgan fingerprint density at radius 3 is 3.11 bits per heavy atom. The van der Waals surface area contributed by atoms with Crippen LogP contribution in [0, 0.1) is 6.92 Å². The van der Waals surface area contributed by atoms with E-state index in [-0.39, 0.29) is 5.91 Å². The molecule has 0 aliphatic carbocycles. The minimum absolute atomic E-state index is 0.0216. The Bertz CT molecular complexity index is 432. The van der Waals surface area contributed by atoms with Crippen molar-refractivity contribution in [1.29, 1.82) is 0 Å². The van der Waals surface area contributed by atoms with Crippen molar-refractivity contribution in [1.82, 2.24) is 15.4 Å². The van der Waals surface area contributed by atoms with Crippen LogP contribution in [-0.4, -0.2) is 47.7 Å². The molecule has 0 saturated carbocycles. The van der Waals surface area contributed by atoms with Crippen molar-refractivity contribution in [2.24, 2.45) is 0 Å². The summed E-state index contributed by atoms with van der Waals surface area (Å²) in [6.07, 6.45) is 0.475. The summed E-state index contributed by atoms with van der Waals surface area (Å²) in [4.78, 5) is 14.2. The first-order chi connectivity index (χ1) is 9.04. The summed E-state index contributed by atoms with van der Waals surface area (Å²) in [5.74, 6) is 1.16. The first-order valence-electron chi connectivity index (χ1n) is 6.75. The lowest BCUT2D eigenvalue weighted by molar-refractivity contribution is -0.116. The molecule has 1 aromatic rings. The van der Waals surface area contributed by atoms with Crippen LogP contribution in [-0.2, 0) is 4.79 Å². The van der Waals surface area contributed by atoms with Crippen LogP contribution in [0.3, 0.4) is 0 Å². The Labute approximate surface area is 113 Å². The molecular weight excluding hydrogens is 244 g/mol. The van der Waals surface area contributed by atoms with Gasteiger partial charge in [-0.15, -0.1) is 0 Å². The van der Waals surface area contributed by atoms with Gasteiger partial charge in [-0.05, 0) is 20.8 Å². The monoisotopic (exact) mass is 266 g/mol. The number of nitrogens with one attached hydrogen (secondary N) is 2. The van der Waals surface area contributed by atoms with Crippen LogP contribution >= 0.6 is 0 Å². The Morgan fingerprint density at radius 1 is 1.63 bits per heavy atom. The maximum atomic E-state index is 11.8. The van der Waals surface area contributed by atoms with Crippen molar-refractivity contribution < 1.29 is 9.32 Å². The lowest BCUT2D eigenvalue weighted by atomic mass is 10.1. The number of nitrogens with zero attached hydrogens (tertiary/aromatic N) is 2. The molecule has 1 aliphatic heterocycles. The molecule has 2 N–H and O–H groups in total. The molecule has 6 heteroatoms. The normalized spacial score (nSPS) is 24.4. The molecule has 1 aromatic heterocycles. The van der Waals surface area contributed by atoms with Crippen molar-refractivity contribution >= 4 is 11.7 Å². The van der Waals surface area contributed by atoms with Crippen LogP contribution in [0.15, 0.2) is 10.6 Å². The quantitative estimate of drug-likeness (QED) is 0.850. The summed E-state index contributed by atoms with van der Waals surface area (Å²) in [5.41, 5.74) is 0. The molecule has 0 bridgehead atoms. The molecule has 0 spiro atoms. The molecule has 2 rings (SSSR count). The van der Waals surface area contributed by atoms with Gasteiger partial charge in [0.25, 0.3) is 0 Å². The molecule has 19 heavy (non-hydrogen) atoms. The number of rotatable bonds is 4. The fraction of sp³-hybridized carbons (Fsp3) is 0.692. The molecule has 1 amide bonds. The number of carbonyl (C=O) groups excluding carboxylic acids is 1. The number of hydrogen-bond acceptors (Lipinski definition) is 5. The molecule has 0 radical (unpaired) electrons. The van der Waals surface area contributed by atoms with Gasteiger partial charge in [-0.2, -0.15) is 0 Å². The zero-order chi connectivity index (χ0) is 13.8. The van der Waals surface area contributed by atoms with Crippen LogP contribution in [0.5, 0.6) is 0 Å². The minimum atomic E-state index is -0.0216. The number of carbonyl (C=O) groups is 1. The van der Waals surface area contributed by atoms with Crippen LogP contribution < -0.4 is 10.6 Å². The van der Waals surface area contributed by atoms with E-state index in [0.717, 1.165) is 19.6 Å². The second-order valence-corrected chi connectivity index (χ2v) is 5.27. The number of amides is 1. The third-order valence-corrected chi connectivity index (χ3v) is 3.41. The lowest BCUT2D eigenvalue weighted by Gasteiger charge is -2.37. The molecule has 2 unspecified atom stereocenters.